The fraction of sp³-hybridized carbons (Fsp3) is 0.320. The van der Waals surface area contributed by atoms with Crippen LogP contribution in [0.15, 0.2) is 128 Å². The van der Waals surface area contributed by atoms with E-state index in [-0.39, 0.29) is 17.5 Å². The van der Waals surface area contributed by atoms with Crippen LogP contribution in [-0.2, 0) is 19.3 Å². The molecule has 0 N–H and O–H groups in total. The SMILES string of the molecule is CC(F)(F)C(C)(C)C#Cc1cccc2c1CCCN2c1nc2nncn2c2ccc(F)cc12.CC(F)(F)C(C)(C)C#Cc1cccc2c1CCCN2c1nc2nncn2c2cccc(F)c12.CC(F)(F)C1(C#Cc2cccc3c2CCCN3c2nc3nncn3c3cccc(F)c23)CC1. The van der Waals surface area contributed by atoms with Crippen molar-refractivity contribution in [2.75, 3.05) is 34.3 Å². The third-order valence-electron chi connectivity index (χ3n) is 19.4. The van der Waals surface area contributed by atoms with E-state index in [1.807, 2.05) is 75.4 Å². The lowest BCUT2D eigenvalue weighted by Gasteiger charge is -2.32. The maximum atomic E-state index is 15.0. The van der Waals surface area contributed by atoms with Gasteiger partial charge in [-0.1, -0.05) is 65.9 Å². The van der Waals surface area contributed by atoms with Crippen LogP contribution >= 0.6 is 0 Å². The molecule has 24 heteroatoms. The number of alkyl halides is 6. The predicted octanol–water partition coefficient (Wildman–Crippen LogP) is 16.4. The molecule has 0 bridgehead atoms. The van der Waals surface area contributed by atoms with Crippen molar-refractivity contribution in [3.8, 4) is 35.5 Å². The van der Waals surface area contributed by atoms with E-state index in [9.17, 15) is 30.7 Å². The number of hydrogen-bond donors (Lipinski definition) is 0. The Hall–Kier alpha value is -10.8. The molecule has 1 aliphatic carbocycles. The summed E-state index contributed by atoms with van der Waals surface area (Å²) in [6, 6.07) is 31.2. The van der Waals surface area contributed by atoms with Crippen LogP contribution in [0.1, 0.15) is 114 Å². The second-order valence-corrected chi connectivity index (χ2v) is 26.7. The molecule has 502 valence electrons. The van der Waals surface area contributed by atoms with Gasteiger partial charge in [0, 0.05) is 79.5 Å². The van der Waals surface area contributed by atoms with Gasteiger partial charge in [0.05, 0.1) is 43.6 Å². The lowest BCUT2D eigenvalue weighted by atomic mass is 9.86. The van der Waals surface area contributed by atoms with Crippen LogP contribution in [0.2, 0.25) is 0 Å². The number of anilines is 6. The van der Waals surface area contributed by atoms with Crippen LogP contribution < -0.4 is 14.7 Å². The molecule has 0 atom stereocenters. The summed E-state index contributed by atoms with van der Waals surface area (Å²) in [7, 11) is 0. The quantitative estimate of drug-likeness (QED) is 0.116. The number of halogens is 9. The monoisotopic (exact) mass is 1350 g/mol. The minimum absolute atomic E-state index is 0.363. The number of hydrogen-bond acceptors (Lipinski definition) is 12. The van der Waals surface area contributed by atoms with Crippen molar-refractivity contribution in [2.45, 2.75) is 118 Å². The molecule has 0 spiro atoms. The molecule has 99 heavy (non-hydrogen) atoms. The van der Waals surface area contributed by atoms with Gasteiger partial charge >= 0.3 is 0 Å². The molecule has 0 radical (unpaired) electrons. The molecular formula is C75H64F9N15. The Morgan fingerprint density at radius 1 is 0.434 bits per heavy atom. The highest BCUT2D eigenvalue weighted by Crippen LogP contribution is 2.56. The normalized spacial score (nSPS) is 15.2. The van der Waals surface area contributed by atoms with E-state index in [0.717, 1.165) is 104 Å². The Labute approximate surface area is 563 Å². The summed E-state index contributed by atoms with van der Waals surface area (Å²) in [6.45, 7) is 10.4. The van der Waals surface area contributed by atoms with Gasteiger partial charge in [-0.25, -0.2) is 39.5 Å². The van der Waals surface area contributed by atoms with E-state index in [4.69, 9.17) is 0 Å². The number of fused-ring (bicyclic) bond motifs is 12. The molecule has 3 aliphatic heterocycles. The highest BCUT2D eigenvalue weighted by atomic mass is 19.3. The molecule has 12 aromatic rings. The van der Waals surface area contributed by atoms with Crippen molar-refractivity contribution in [1.82, 2.24) is 58.7 Å². The van der Waals surface area contributed by atoms with Crippen molar-refractivity contribution in [3.05, 3.63) is 179 Å². The first kappa shape index (κ1) is 65.5. The minimum atomic E-state index is -2.94. The van der Waals surface area contributed by atoms with Gasteiger partial charge in [0.25, 0.3) is 35.1 Å². The van der Waals surface area contributed by atoms with Crippen LogP contribution in [0.3, 0.4) is 0 Å². The lowest BCUT2D eigenvalue weighted by Crippen LogP contribution is -2.31. The summed E-state index contributed by atoms with van der Waals surface area (Å²) < 4.78 is 133. The fourth-order valence-electron chi connectivity index (χ4n) is 12.8. The predicted molar refractivity (Wildman–Crippen MR) is 362 cm³/mol. The zero-order valence-electron chi connectivity index (χ0n) is 55.0. The highest BCUT2D eigenvalue weighted by Gasteiger charge is 2.58. The Kier molecular flexibility index (Phi) is 16.3. The molecule has 4 aliphatic rings. The topological polar surface area (TPSA) is 139 Å². The molecule has 0 amide bonds. The van der Waals surface area contributed by atoms with Crippen LogP contribution in [0.25, 0.3) is 50.0 Å². The van der Waals surface area contributed by atoms with E-state index in [0.29, 0.717) is 106 Å². The molecule has 0 saturated heterocycles. The van der Waals surface area contributed by atoms with Crippen LogP contribution in [0.4, 0.5) is 74.0 Å². The van der Waals surface area contributed by atoms with E-state index in [1.165, 1.54) is 64.6 Å². The Morgan fingerprint density at radius 3 is 1.22 bits per heavy atom. The van der Waals surface area contributed by atoms with Gasteiger partial charge in [-0.15, -0.1) is 30.6 Å². The lowest BCUT2D eigenvalue weighted by molar-refractivity contribution is -0.0589. The average molecular weight is 1350 g/mol. The summed E-state index contributed by atoms with van der Waals surface area (Å²) in [5, 5.41) is 25.4. The van der Waals surface area contributed by atoms with Crippen molar-refractivity contribution in [3.63, 3.8) is 0 Å². The van der Waals surface area contributed by atoms with Crippen LogP contribution in [0.5, 0.6) is 0 Å². The first-order valence-electron chi connectivity index (χ1n) is 32.5. The Balaban J connectivity index is 0.000000127. The number of nitrogens with zero attached hydrogens (tertiary/aromatic N) is 15. The van der Waals surface area contributed by atoms with Gasteiger partial charge in [-0.05, 0) is 175 Å². The molecule has 6 aromatic heterocycles. The Morgan fingerprint density at radius 2 is 0.818 bits per heavy atom. The zero-order chi connectivity index (χ0) is 69.6. The van der Waals surface area contributed by atoms with Gasteiger partial charge in [-0.2, -0.15) is 15.0 Å². The summed E-state index contributed by atoms with van der Waals surface area (Å²) >= 11 is 0. The second kappa shape index (κ2) is 24.6. The Bertz CT molecular complexity index is 5200. The first-order valence-corrected chi connectivity index (χ1v) is 32.5. The van der Waals surface area contributed by atoms with Crippen molar-refractivity contribution < 1.29 is 39.5 Å². The maximum Gasteiger partial charge on any atom is 0.261 e. The smallest absolute Gasteiger partial charge is 0.261 e. The van der Waals surface area contributed by atoms with Gasteiger partial charge in [0.1, 0.15) is 53.9 Å². The van der Waals surface area contributed by atoms with Crippen molar-refractivity contribution >= 4 is 84.6 Å². The molecule has 1 fully saturated rings. The van der Waals surface area contributed by atoms with E-state index >= 15 is 8.78 Å². The van der Waals surface area contributed by atoms with Gasteiger partial charge in [-0.3, -0.25) is 13.2 Å². The van der Waals surface area contributed by atoms with Crippen LogP contribution in [-0.4, -0.2) is 96.1 Å². The van der Waals surface area contributed by atoms with Crippen molar-refractivity contribution in [2.24, 2.45) is 16.2 Å². The van der Waals surface area contributed by atoms with E-state index < -0.39 is 34.0 Å². The summed E-state index contributed by atoms with van der Waals surface area (Å²) in [4.78, 5) is 19.9. The molecule has 16 rings (SSSR count). The highest BCUT2D eigenvalue weighted by molar-refractivity contribution is 5.97. The van der Waals surface area contributed by atoms with Crippen molar-refractivity contribution in [1.29, 1.82) is 0 Å². The molecule has 0 unspecified atom stereocenters. The standard InChI is InChI=1S/C25H20F3N5.2C25H22F3N5/c1-24(27,28)25(12-13-25)11-10-16-5-2-8-19-17(16)6-4-14-32(19)22-21-18(26)7-3-9-20(21)33-15-29-31-23(33)30-22;1-24(2,25(3,27)28)13-12-16-7-4-10-19-17(16)8-6-14-32(19)22-21-18(26)9-5-11-20(21)33-15-29-31-23(33)30-22;1-24(2,25(3,27)28)12-11-16-6-4-8-20-18(16)7-5-13-32(20)22-19-14-17(26)9-10-21(19)33-15-29-31-23(33)30-22/h2-3,5,7-9,15H,4,6,12-14H2,1H3;4-5,7,9-11,15H,6,8,14H2,1-3H3;4,6,8-10,14-15H,5,7,13H2,1-3H3. The third-order valence-corrected chi connectivity index (χ3v) is 19.4. The van der Waals surface area contributed by atoms with Gasteiger partial charge in [0.2, 0.25) is 0 Å². The molecule has 15 nitrogen and oxygen atoms in total. The first-order chi connectivity index (χ1) is 47.2. The van der Waals surface area contributed by atoms with E-state index in [1.54, 1.807) is 43.8 Å². The van der Waals surface area contributed by atoms with Gasteiger partial charge < -0.3 is 14.7 Å². The van der Waals surface area contributed by atoms with Gasteiger partial charge in [0.15, 0.2) is 0 Å². The number of rotatable bonds is 6. The van der Waals surface area contributed by atoms with E-state index in [2.05, 4.69) is 81.1 Å². The minimum Gasteiger partial charge on any atom is -0.325 e. The fourth-order valence-corrected chi connectivity index (χ4v) is 12.8. The average Bonchev–Trinajstić information content (AvgIpc) is 1.73. The molecular weight excluding hydrogens is 1280 g/mol. The number of benzene rings is 6. The second-order valence-electron chi connectivity index (χ2n) is 26.7. The summed E-state index contributed by atoms with van der Waals surface area (Å²) in [5.41, 5.74) is 5.48. The largest absolute Gasteiger partial charge is 0.325 e. The number of aromatic nitrogens is 12. The third kappa shape index (κ3) is 11.9. The maximum absolute atomic E-state index is 15.0. The molecule has 9 heterocycles. The zero-order valence-corrected chi connectivity index (χ0v) is 55.0. The summed E-state index contributed by atoms with van der Waals surface area (Å²) in [5.74, 6) is 10.3. The molecule has 1 saturated carbocycles. The summed E-state index contributed by atoms with van der Waals surface area (Å²) in [6.07, 6.45) is 10.1. The van der Waals surface area contributed by atoms with Crippen LogP contribution in [0, 0.1) is 69.2 Å². The molecule has 6 aromatic carbocycles.